The second-order valence-electron chi connectivity index (χ2n) is 7.27. The number of benzene rings is 1. The van der Waals surface area contributed by atoms with Crippen molar-refractivity contribution in [1.82, 2.24) is 0 Å². The quantitative estimate of drug-likeness (QED) is 0.797. The van der Waals surface area contributed by atoms with Crippen LogP contribution >= 0.6 is 0 Å². The molecule has 2 nitrogen and oxygen atoms in total. The molecule has 4 rings (SSSR count). The van der Waals surface area contributed by atoms with Gasteiger partial charge in [0.1, 0.15) is 5.75 Å². The lowest BCUT2D eigenvalue weighted by molar-refractivity contribution is -0.0101. The maximum absolute atomic E-state index is 10.3. The van der Waals surface area contributed by atoms with Crippen LogP contribution in [-0.4, -0.2) is 18.3 Å². The predicted octanol–water partition coefficient (Wildman–Crippen LogP) is 3.69. The first-order chi connectivity index (χ1) is 10.1. The molecule has 0 amide bonds. The first-order valence-electron chi connectivity index (χ1n) is 8.16. The average Bonchev–Trinajstić information content (AvgIpc) is 2.82. The zero-order valence-corrected chi connectivity index (χ0v) is 12.9. The van der Waals surface area contributed by atoms with E-state index in [1.54, 1.807) is 7.11 Å². The van der Waals surface area contributed by atoms with E-state index in [9.17, 15) is 5.11 Å². The number of methoxy groups -OCH3 is 1. The lowest BCUT2D eigenvalue weighted by Crippen LogP contribution is -2.44. The minimum Gasteiger partial charge on any atom is -0.497 e. The van der Waals surface area contributed by atoms with Gasteiger partial charge in [0.25, 0.3) is 0 Å². The lowest BCUT2D eigenvalue weighted by Gasteiger charge is -2.50. The van der Waals surface area contributed by atoms with Crippen LogP contribution in [0, 0.1) is 17.3 Å². The van der Waals surface area contributed by atoms with Crippen molar-refractivity contribution in [1.29, 1.82) is 0 Å². The van der Waals surface area contributed by atoms with Crippen LogP contribution in [0.25, 0.3) is 0 Å². The molecule has 2 heteroatoms. The normalized spacial score (nSPS) is 40.3. The Labute approximate surface area is 126 Å². The van der Waals surface area contributed by atoms with E-state index in [0.29, 0.717) is 17.8 Å². The van der Waals surface area contributed by atoms with E-state index in [4.69, 9.17) is 4.74 Å². The third-order valence-electron chi connectivity index (χ3n) is 6.41. The Morgan fingerprint density at radius 1 is 1.24 bits per heavy atom. The molecule has 5 atom stereocenters. The van der Waals surface area contributed by atoms with Gasteiger partial charge in [-0.25, -0.2) is 0 Å². The molecule has 0 radical (unpaired) electrons. The van der Waals surface area contributed by atoms with Gasteiger partial charge in [-0.3, -0.25) is 0 Å². The zero-order chi connectivity index (χ0) is 14.6. The summed E-state index contributed by atoms with van der Waals surface area (Å²) >= 11 is 0. The molecule has 112 valence electrons. The average molecular weight is 284 g/mol. The van der Waals surface area contributed by atoms with Gasteiger partial charge < -0.3 is 9.84 Å². The van der Waals surface area contributed by atoms with Crippen molar-refractivity contribution in [2.75, 3.05) is 7.11 Å². The van der Waals surface area contributed by atoms with Crippen molar-refractivity contribution in [3.8, 4) is 5.75 Å². The third-order valence-corrected chi connectivity index (χ3v) is 6.41. The molecule has 1 N–H and O–H groups in total. The summed E-state index contributed by atoms with van der Waals surface area (Å²) in [5, 5.41) is 10.3. The molecule has 1 fully saturated rings. The Morgan fingerprint density at radius 2 is 2.10 bits per heavy atom. The van der Waals surface area contributed by atoms with Gasteiger partial charge in [0.2, 0.25) is 0 Å². The van der Waals surface area contributed by atoms with Gasteiger partial charge in [-0.05, 0) is 66.7 Å². The van der Waals surface area contributed by atoms with Gasteiger partial charge in [0.15, 0.2) is 0 Å². The summed E-state index contributed by atoms with van der Waals surface area (Å²) in [6.07, 6.45) is 8.80. The number of ether oxygens (including phenoxy) is 1. The van der Waals surface area contributed by atoms with Crippen LogP contribution < -0.4 is 4.74 Å². The molecule has 0 saturated heterocycles. The number of allylic oxidation sites excluding steroid dienone is 1. The minimum atomic E-state index is -0.249. The first kappa shape index (κ1) is 13.4. The molecule has 3 aliphatic rings. The summed E-state index contributed by atoms with van der Waals surface area (Å²) in [7, 11) is 1.74. The summed E-state index contributed by atoms with van der Waals surface area (Å²) < 4.78 is 5.37. The molecule has 21 heavy (non-hydrogen) atoms. The fourth-order valence-corrected chi connectivity index (χ4v) is 5.12. The van der Waals surface area contributed by atoms with E-state index in [2.05, 4.69) is 31.2 Å². The first-order valence-corrected chi connectivity index (χ1v) is 8.16. The Kier molecular flexibility index (Phi) is 2.94. The standard InChI is InChI=1S/C19H24O2/c1-19-10-9-15-14-6-4-13(21-2)11-12(14)3-5-16(15)17(19)7-8-18(19)20/h4,6-8,11,15-18,20H,3,5,9-10H2,1-2H3/t15-,16-,17+,18-,19+/m1/s1. The number of fused-ring (bicyclic) bond motifs is 5. The molecule has 0 aromatic heterocycles. The third kappa shape index (κ3) is 1.81. The van der Waals surface area contributed by atoms with Gasteiger partial charge in [0, 0.05) is 5.41 Å². The van der Waals surface area contributed by atoms with E-state index in [0.717, 1.165) is 18.6 Å². The predicted molar refractivity (Wildman–Crippen MR) is 83.5 cm³/mol. The molecule has 3 aliphatic carbocycles. The molecule has 0 spiro atoms. The van der Waals surface area contributed by atoms with Crippen molar-refractivity contribution in [2.45, 2.75) is 44.6 Å². The van der Waals surface area contributed by atoms with Crippen molar-refractivity contribution in [3.05, 3.63) is 41.5 Å². The summed E-state index contributed by atoms with van der Waals surface area (Å²) in [5.74, 6) is 2.87. The van der Waals surface area contributed by atoms with Crippen LogP contribution in [0.4, 0.5) is 0 Å². The number of hydrogen-bond acceptors (Lipinski definition) is 2. The largest absolute Gasteiger partial charge is 0.497 e. The van der Waals surface area contributed by atoms with Gasteiger partial charge >= 0.3 is 0 Å². The van der Waals surface area contributed by atoms with Crippen LogP contribution in [0.5, 0.6) is 5.75 Å². The summed E-state index contributed by atoms with van der Waals surface area (Å²) in [4.78, 5) is 0. The van der Waals surface area contributed by atoms with Crippen LogP contribution in [0.1, 0.15) is 43.2 Å². The number of rotatable bonds is 1. The summed E-state index contributed by atoms with van der Waals surface area (Å²) in [6, 6.07) is 6.61. The molecule has 1 aromatic rings. The van der Waals surface area contributed by atoms with E-state index in [1.165, 1.54) is 24.0 Å². The molecule has 0 aliphatic heterocycles. The zero-order valence-electron chi connectivity index (χ0n) is 12.9. The van der Waals surface area contributed by atoms with Crippen molar-refractivity contribution >= 4 is 0 Å². The van der Waals surface area contributed by atoms with Crippen LogP contribution in [-0.2, 0) is 6.42 Å². The van der Waals surface area contributed by atoms with Crippen LogP contribution in [0.3, 0.4) is 0 Å². The monoisotopic (exact) mass is 284 g/mol. The van der Waals surface area contributed by atoms with Crippen LogP contribution in [0.15, 0.2) is 30.4 Å². The highest BCUT2D eigenvalue weighted by Gasteiger charge is 2.52. The minimum absolute atomic E-state index is 0.0745. The fraction of sp³-hybridized carbons (Fsp3) is 0.579. The SMILES string of the molecule is COc1ccc2c(c1)CC[C@@H]1[C@@H]2CC[C@]2(C)[C@H](O)C=C[C@@H]12. The lowest BCUT2D eigenvalue weighted by atomic mass is 9.55. The second-order valence-corrected chi connectivity index (χ2v) is 7.27. The Morgan fingerprint density at radius 3 is 2.90 bits per heavy atom. The second kappa shape index (κ2) is 4.61. The molecular formula is C19H24O2. The van der Waals surface area contributed by atoms with Crippen LogP contribution in [0.2, 0.25) is 0 Å². The van der Waals surface area contributed by atoms with E-state index in [-0.39, 0.29) is 11.5 Å². The van der Waals surface area contributed by atoms with Gasteiger partial charge in [0.05, 0.1) is 13.2 Å². The smallest absolute Gasteiger partial charge is 0.119 e. The summed E-state index contributed by atoms with van der Waals surface area (Å²) in [6.45, 7) is 2.28. The molecule has 0 bridgehead atoms. The number of aliphatic hydroxyl groups excluding tert-OH is 1. The number of aryl methyl sites for hydroxylation is 1. The summed E-state index contributed by atoms with van der Waals surface area (Å²) in [5.41, 5.74) is 3.08. The molecule has 0 heterocycles. The van der Waals surface area contributed by atoms with E-state index in [1.807, 2.05) is 6.08 Å². The maximum Gasteiger partial charge on any atom is 0.119 e. The van der Waals surface area contributed by atoms with Crippen molar-refractivity contribution in [3.63, 3.8) is 0 Å². The number of aliphatic hydroxyl groups is 1. The molecule has 1 aromatic carbocycles. The Hall–Kier alpha value is -1.28. The fourth-order valence-electron chi connectivity index (χ4n) is 5.12. The topological polar surface area (TPSA) is 29.5 Å². The number of hydrogen-bond donors (Lipinski definition) is 1. The van der Waals surface area contributed by atoms with E-state index < -0.39 is 0 Å². The molecule has 0 unspecified atom stereocenters. The Bertz CT molecular complexity index is 591. The van der Waals surface area contributed by atoms with Gasteiger partial charge in [-0.1, -0.05) is 25.1 Å². The highest BCUT2D eigenvalue weighted by Crippen LogP contribution is 2.58. The molecular weight excluding hydrogens is 260 g/mol. The van der Waals surface area contributed by atoms with Gasteiger partial charge in [-0.15, -0.1) is 0 Å². The highest BCUT2D eigenvalue weighted by molar-refractivity contribution is 5.41. The van der Waals surface area contributed by atoms with E-state index >= 15 is 0 Å². The Balaban J connectivity index is 1.70. The van der Waals surface area contributed by atoms with Crippen molar-refractivity contribution < 1.29 is 9.84 Å². The van der Waals surface area contributed by atoms with Gasteiger partial charge in [-0.2, -0.15) is 0 Å². The molecule has 1 saturated carbocycles. The maximum atomic E-state index is 10.3. The highest BCUT2D eigenvalue weighted by atomic mass is 16.5. The van der Waals surface area contributed by atoms with Crippen molar-refractivity contribution in [2.24, 2.45) is 17.3 Å².